The summed E-state index contributed by atoms with van der Waals surface area (Å²) in [4.78, 5) is 17.8. The van der Waals surface area contributed by atoms with Gasteiger partial charge in [0, 0.05) is 11.9 Å². The van der Waals surface area contributed by atoms with Gasteiger partial charge in [0.25, 0.3) is 0 Å². The predicted octanol–water partition coefficient (Wildman–Crippen LogP) is -3.98. The van der Waals surface area contributed by atoms with Gasteiger partial charge in [-0.3, -0.25) is 0 Å². The number of aliphatic carboxylic acids is 2. The maximum absolute atomic E-state index is 8.89. The van der Waals surface area contributed by atoms with Gasteiger partial charge in [0.1, 0.15) is 0 Å². The van der Waals surface area contributed by atoms with Gasteiger partial charge in [-0.15, -0.1) is 0 Å². The van der Waals surface area contributed by atoms with E-state index in [0.717, 1.165) is 13.8 Å². The van der Waals surface area contributed by atoms with Crippen molar-refractivity contribution in [1.82, 2.24) is 0 Å². The molecule has 0 aliphatic heterocycles. The van der Waals surface area contributed by atoms with E-state index >= 15 is 0 Å². The van der Waals surface area contributed by atoms with Crippen molar-refractivity contribution in [3.63, 3.8) is 0 Å². The second-order valence-electron chi connectivity index (χ2n) is 1.10. The van der Waals surface area contributed by atoms with Crippen LogP contribution in [-0.4, -0.2) is 29.7 Å². The van der Waals surface area contributed by atoms with E-state index in [4.69, 9.17) is 29.9 Å². The zero-order valence-electron chi connectivity index (χ0n) is 6.41. The van der Waals surface area contributed by atoms with Gasteiger partial charge in [-0.25, -0.2) is 0 Å². The maximum Gasteiger partial charge on any atom is 2.00 e. The van der Waals surface area contributed by atoms with E-state index in [9.17, 15) is 0 Å². The number of carboxylic acid groups (broad SMARTS) is 2. The average molecular weight is 226 g/mol. The van der Waals surface area contributed by atoms with Crippen molar-refractivity contribution in [1.29, 1.82) is 0 Å². The Morgan fingerprint density at radius 2 is 1.08 bits per heavy atom. The van der Waals surface area contributed by atoms with Crippen molar-refractivity contribution >= 4 is 19.6 Å². The minimum absolute atomic E-state index is 0. The van der Waals surface area contributed by atoms with Gasteiger partial charge in [0.15, 0.2) is 0 Å². The Bertz CT molecular complexity index is 87.7. The zero-order valence-corrected chi connectivity index (χ0v) is 7.35. The van der Waals surface area contributed by atoms with Gasteiger partial charge in [0.2, 0.25) is 0 Å². The van der Waals surface area contributed by atoms with Crippen LogP contribution in [0.15, 0.2) is 0 Å². The molecule has 0 aliphatic carbocycles. The summed E-state index contributed by atoms with van der Waals surface area (Å²) in [5, 5.41) is 31.8. The molecule has 0 aromatic heterocycles. The second kappa shape index (κ2) is 22.4. The average Bonchev–Trinajstić information content (AvgIpc) is 1.60. The summed E-state index contributed by atoms with van der Waals surface area (Å²) in [6.45, 7) is 1.94. The first-order chi connectivity index (χ1) is 4.88. The van der Waals surface area contributed by atoms with Gasteiger partial charge in [0.05, 0.1) is 0 Å². The largest absolute Gasteiger partial charge is 2.00 e. The predicted molar refractivity (Wildman–Crippen MR) is 31.6 cm³/mol. The fourth-order valence-corrected chi connectivity index (χ4v) is 0. The standard InChI is InChI=1S/2C2H4O2.BH2O2.Cu/c2*1-2(3)4;2-1-3;/h2*1H3,(H,3,4);2-3H;/q;;;+2/p-2. The summed E-state index contributed by atoms with van der Waals surface area (Å²) in [6.07, 6.45) is 0. The molecular formula is C4H8BCuO6. The van der Waals surface area contributed by atoms with E-state index in [0.29, 0.717) is 0 Å². The minimum Gasteiger partial charge on any atom is -0.550 e. The third-order valence-corrected chi connectivity index (χ3v) is 0. The Balaban J connectivity index is -0.0000000389. The fourth-order valence-electron chi connectivity index (χ4n) is 0. The van der Waals surface area contributed by atoms with Crippen LogP contribution >= 0.6 is 0 Å². The van der Waals surface area contributed by atoms with E-state index in [-0.39, 0.29) is 24.8 Å². The Kier molecular flexibility index (Phi) is 42.1. The van der Waals surface area contributed by atoms with E-state index in [1.54, 1.807) is 0 Å². The topological polar surface area (TPSA) is 121 Å². The molecule has 0 amide bonds. The number of carbonyl (C=O) groups is 2. The smallest absolute Gasteiger partial charge is 0.550 e. The van der Waals surface area contributed by atoms with Crippen LogP contribution in [0.4, 0.5) is 0 Å². The van der Waals surface area contributed by atoms with Crippen molar-refractivity contribution < 1.29 is 46.9 Å². The first-order valence-corrected chi connectivity index (χ1v) is 2.33. The maximum atomic E-state index is 8.89. The number of hydrogen-bond donors (Lipinski definition) is 2. The van der Waals surface area contributed by atoms with Crippen molar-refractivity contribution in [3.05, 3.63) is 0 Å². The molecular weight excluding hydrogens is 218 g/mol. The quantitative estimate of drug-likeness (QED) is 0.406. The van der Waals surface area contributed by atoms with Gasteiger partial charge in [-0.1, -0.05) is 0 Å². The van der Waals surface area contributed by atoms with E-state index in [1.807, 2.05) is 0 Å². The fraction of sp³-hybridized carbons (Fsp3) is 0.500. The molecule has 2 radical (unpaired) electrons. The molecule has 0 bridgehead atoms. The SMILES string of the molecule is CC(=O)[O-].CC(=O)[O-].O[B]O.[Cu+2]. The van der Waals surface area contributed by atoms with Crippen molar-refractivity contribution in [2.45, 2.75) is 13.8 Å². The van der Waals surface area contributed by atoms with Gasteiger partial charge < -0.3 is 29.9 Å². The van der Waals surface area contributed by atoms with Crippen LogP contribution in [0, 0.1) is 0 Å². The Morgan fingerprint density at radius 1 is 1.08 bits per heavy atom. The number of rotatable bonds is 0. The molecule has 0 atom stereocenters. The molecule has 0 saturated heterocycles. The summed E-state index contributed by atoms with van der Waals surface area (Å²) < 4.78 is 0. The molecule has 0 spiro atoms. The van der Waals surface area contributed by atoms with Crippen LogP contribution in [0.25, 0.3) is 0 Å². The van der Waals surface area contributed by atoms with Crippen molar-refractivity contribution in [2.75, 3.05) is 0 Å². The van der Waals surface area contributed by atoms with Crippen molar-refractivity contribution in [2.24, 2.45) is 0 Å². The molecule has 0 unspecified atom stereocenters. The molecule has 74 valence electrons. The molecule has 0 aromatic rings. The van der Waals surface area contributed by atoms with Crippen LogP contribution < -0.4 is 10.2 Å². The van der Waals surface area contributed by atoms with Gasteiger partial charge >= 0.3 is 24.8 Å². The molecule has 0 saturated carbocycles. The summed E-state index contributed by atoms with van der Waals surface area (Å²) in [5.41, 5.74) is 0. The molecule has 2 N–H and O–H groups in total. The van der Waals surface area contributed by atoms with E-state index in [1.165, 1.54) is 0 Å². The molecule has 0 aromatic carbocycles. The Morgan fingerprint density at radius 3 is 1.08 bits per heavy atom. The summed E-state index contributed by atoms with van der Waals surface area (Å²) in [7, 11) is 0. The van der Waals surface area contributed by atoms with Crippen LogP contribution in [0.3, 0.4) is 0 Å². The van der Waals surface area contributed by atoms with Gasteiger partial charge in [-0.05, 0) is 13.8 Å². The summed E-state index contributed by atoms with van der Waals surface area (Å²) in [5.74, 6) is -2.17. The molecule has 0 aliphatic rings. The van der Waals surface area contributed by atoms with Crippen LogP contribution in [0.2, 0.25) is 0 Å². The number of carboxylic acids is 2. The monoisotopic (exact) mass is 226 g/mol. The first kappa shape index (κ1) is 22.5. The molecule has 8 heteroatoms. The summed E-state index contributed by atoms with van der Waals surface area (Å²) in [6, 6.07) is 0. The van der Waals surface area contributed by atoms with Crippen molar-refractivity contribution in [3.8, 4) is 0 Å². The number of hydrogen-bond acceptors (Lipinski definition) is 6. The third kappa shape index (κ3) is 2180. The molecule has 12 heavy (non-hydrogen) atoms. The zero-order chi connectivity index (χ0) is 9.86. The molecule has 6 nitrogen and oxygen atoms in total. The molecule has 0 rings (SSSR count). The normalized spacial score (nSPS) is 5.33. The Hall–Kier alpha value is -0.556. The third-order valence-electron chi connectivity index (χ3n) is 0. The van der Waals surface area contributed by atoms with E-state index in [2.05, 4.69) is 0 Å². The second-order valence-corrected chi connectivity index (χ2v) is 1.10. The first-order valence-electron chi connectivity index (χ1n) is 2.33. The van der Waals surface area contributed by atoms with Crippen LogP contribution in [-0.2, 0) is 26.7 Å². The summed E-state index contributed by atoms with van der Waals surface area (Å²) >= 11 is 0. The minimum atomic E-state index is -1.08. The molecule has 0 fully saturated rings. The Labute approximate surface area is 81.0 Å². The number of carbonyl (C=O) groups excluding carboxylic acids is 2. The van der Waals surface area contributed by atoms with E-state index < -0.39 is 11.9 Å². The van der Waals surface area contributed by atoms with Crippen LogP contribution in [0.1, 0.15) is 13.8 Å². The van der Waals surface area contributed by atoms with Crippen LogP contribution in [0.5, 0.6) is 0 Å². The molecule has 0 heterocycles. The van der Waals surface area contributed by atoms with Gasteiger partial charge in [-0.2, -0.15) is 0 Å².